The van der Waals surface area contributed by atoms with Crippen LogP contribution in [0.2, 0.25) is 0 Å². The minimum Gasteiger partial charge on any atom is -0.383 e. The third kappa shape index (κ3) is 3.96. The second kappa shape index (κ2) is 7.34. The van der Waals surface area contributed by atoms with E-state index < -0.39 is 0 Å². The molecule has 1 atom stereocenters. The first-order valence-corrected chi connectivity index (χ1v) is 6.37. The summed E-state index contributed by atoms with van der Waals surface area (Å²) in [6.07, 6.45) is 0.998. The molecule has 102 valence electrons. The molecule has 3 nitrogen and oxygen atoms in total. The van der Waals surface area contributed by atoms with Crippen molar-refractivity contribution < 1.29 is 9.13 Å². The van der Waals surface area contributed by atoms with E-state index in [1.807, 2.05) is 6.07 Å². The average Bonchev–Trinajstić information content (AvgIpc) is 2.38. The minimum absolute atomic E-state index is 0.237. The molecule has 2 N–H and O–H groups in total. The van der Waals surface area contributed by atoms with Crippen molar-refractivity contribution in [3.63, 3.8) is 0 Å². The van der Waals surface area contributed by atoms with Gasteiger partial charge in [-0.25, -0.2) is 4.39 Å². The van der Waals surface area contributed by atoms with E-state index in [0.29, 0.717) is 19.2 Å². The van der Waals surface area contributed by atoms with Crippen molar-refractivity contribution in [3.8, 4) is 0 Å². The normalized spacial score (nSPS) is 12.5. The van der Waals surface area contributed by atoms with Gasteiger partial charge in [0, 0.05) is 31.9 Å². The smallest absolute Gasteiger partial charge is 0.125 e. The summed E-state index contributed by atoms with van der Waals surface area (Å²) in [6.45, 7) is 5.97. The molecule has 0 aliphatic carbocycles. The zero-order chi connectivity index (χ0) is 13.5. The van der Waals surface area contributed by atoms with Gasteiger partial charge < -0.3 is 15.4 Å². The number of nitrogens with two attached hydrogens (primary N) is 1. The van der Waals surface area contributed by atoms with Gasteiger partial charge in [0.2, 0.25) is 0 Å². The minimum atomic E-state index is -0.237. The third-order valence-electron chi connectivity index (χ3n) is 3.17. The summed E-state index contributed by atoms with van der Waals surface area (Å²) in [5.41, 5.74) is 7.28. The Hall–Kier alpha value is -1.13. The first-order valence-electron chi connectivity index (χ1n) is 6.37. The Labute approximate surface area is 109 Å². The number of nitrogens with zero attached hydrogens (tertiary/aromatic N) is 1. The van der Waals surface area contributed by atoms with Crippen molar-refractivity contribution in [3.05, 3.63) is 29.6 Å². The zero-order valence-corrected chi connectivity index (χ0v) is 11.4. The van der Waals surface area contributed by atoms with Crippen LogP contribution < -0.4 is 10.6 Å². The summed E-state index contributed by atoms with van der Waals surface area (Å²) in [4.78, 5) is 2.16. The predicted molar refractivity (Wildman–Crippen MR) is 73.3 cm³/mol. The number of hydrogen-bond donors (Lipinski definition) is 1. The van der Waals surface area contributed by atoms with Crippen LogP contribution in [0.1, 0.15) is 25.8 Å². The highest BCUT2D eigenvalue weighted by molar-refractivity contribution is 5.50. The summed E-state index contributed by atoms with van der Waals surface area (Å²) in [7, 11) is 1.67. The second-order valence-electron chi connectivity index (χ2n) is 4.47. The largest absolute Gasteiger partial charge is 0.383 e. The molecule has 1 aromatic carbocycles. The fourth-order valence-corrected chi connectivity index (χ4v) is 1.93. The fourth-order valence-electron chi connectivity index (χ4n) is 1.93. The Balaban J connectivity index is 2.99. The number of hydrogen-bond acceptors (Lipinski definition) is 3. The maximum atomic E-state index is 13.6. The lowest BCUT2D eigenvalue weighted by Crippen LogP contribution is -2.35. The third-order valence-corrected chi connectivity index (χ3v) is 3.17. The van der Waals surface area contributed by atoms with Gasteiger partial charge in [0.25, 0.3) is 0 Å². The first kappa shape index (κ1) is 14.9. The molecule has 18 heavy (non-hydrogen) atoms. The van der Waals surface area contributed by atoms with Gasteiger partial charge in [-0.15, -0.1) is 0 Å². The molecule has 0 aliphatic rings. The van der Waals surface area contributed by atoms with Crippen molar-refractivity contribution in [1.29, 1.82) is 0 Å². The molecule has 0 heterocycles. The summed E-state index contributed by atoms with van der Waals surface area (Å²) in [6, 6.07) is 5.33. The van der Waals surface area contributed by atoms with Gasteiger partial charge in [0.15, 0.2) is 0 Å². The SMILES string of the molecule is CCC(C)N(CCOC)c1cc(F)cc(CN)c1. The molecule has 0 saturated heterocycles. The van der Waals surface area contributed by atoms with Crippen LogP contribution in [0.25, 0.3) is 0 Å². The van der Waals surface area contributed by atoms with Crippen LogP contribution in [0.4, 0.5) is 10.1 Å². The van der Waals surface area contributed by atoms with Crippen LogP contribution in [0.5, 0.6) is 0 Å². The van der Waals surface area contributed by atoms with Crippen molar-refractivity contribution in [1.82, 2.24) is 0 Å². The number of anilines is 1. The van der Waals surface area contributed by atoms with Crippen LogP contribution in [0.15, 0.2) is 18.2 Å². The fraction of sp³-hybridized carbons (Fsp3) is 0.571. The second-order valence-corrected chi connectivity index (χ2v) is 4.47. The van der Waals surface area contributed by atoms with E-state index >= 15 is 0 Å². The van der Waals surface area contributed by atoms with Gasteiger partial charge >= 0.3 is 0 Å². The Morgan fingerprint density at radius 3 is 2.67 bits per heavy atom. The van der Waals surface area contributed by atoms with Gasteiger partial charge in [-0.3, -0.25) is 0 Å². The Morgan fingerprint density at radius 2 is 2.11 bits per heavy atom. The van der Waals surface area contributed by atoms with Gasteiger partial charge in [-0.2, -0.15) is 0 Å². The van der Waals surface area contributed by atoms with Crippen LogP contribution in [0, 0.1) is 5.82 Å². The highest BCUT2D eigenvalue weighted by Gasteiger charge is 2.14. The summed E-state index contributed by atoms with van der Waals surface area (Å²) < 4.78 is 18.7. The molecule has 1 unspecified atom stereocenters. The number of halogens is 1. The number of ether oxygens (including phenoxy) is 1. The number of methoxy groups -OCH3 is 1. The first-order chi connectivity index (χ1) is 8.62. The molecule has 0 radical (unpaired) electrons. The quantitative estimate of drug-likeness (QED) is 0.812. The molecule has 0 bridgehead atoms. The molecule has 0 fully saturated rings. The van der Waals surface area contributed by atoms with Crippen molar-refractivity contribution in [2.45, 2.75) is 32.9 Å². The molecule has 0 aromatic heterocycles. The lowest BCUT2D eigenvalue weighted by molar-refractivity contribution is 0.203. The summed E-state index contributed by atoms with van der Waals surface area (Å²) in [5, 5.41) is 0. The number of benzene rings is 1. The van der Waals surface area contributed by atoms with E-state index in [4.69, 9.17) is 10.5 Å². The van der Waals surface area contributed by atoms with Crippen LogP contribution in [-0.2, 0) is 11.3 Å². The maximum Gasteiger partial charge on any atom is 0.125 e. The average molecular weight is 254 g/mol. The lowest BCUT2D eigenvalue weighted by atomic mass is 10.1. The molecule has 0 aliphatic heterocycles. The Kier molecular flexibility index (Phi) is 6.09. The molecule has 1 aromatic rings. The van der Waals surface area contributed by atoms with E-state index in [2.05, 4.69) is 18.7 Å². The van der Waals surface area contributed by atoms with Gasteiger partial charge in [-0.05, 0) is 37.1 Å². The van der Waals surface area contributed by atoms with Gasteiger partial charge in [0.05, 0.1) is 6.61 Å². The molecule has 4 heteroatoms. The number of rotatable bonds is 7. The summed E-state index contributed by atoms with van der Waals surface area (Å²) in [5.74, 6) is -0.237. The van der Waals surface area contributed by atoms with E-state index in [1.165, 1.54) is 6.07 Å². The van der Waals surface area contributed by atoms with E-state index in [0.717, 1.165) is 24.2 Å². The van der Waals surface area contributed by atoms with Crippen molar-refractivity contribution in [2.75, 3.05) is 25.2 Å². The Bertz CT molecular complexity index is 371. The monoisotopic (exact) mass is 254 g/mol. The van der Waals surface area contributed by atoms with Crippen molar-refractivity contribution >= 4 is 5.69 Å². The molecule has 0 amide bonds. The van der Waals surface area contributed by atoms with E-state index in [1.54, 1.807) is 13.2 Å². The highest BCUT2D eigenvalue weighted by Crippen LogP contribution is 2.21. The predicted octanol–water partition coefficient (Wildman–Crippen LogP) is 2.54. The van der Waals surface area contributed by atoms with Crippen molar-refractivity contribution in [2.24, 2.45) is 5.73 Å². The van der Waals surface area contributed by atoms with Crippen LogP contribution in [0.3, 0.4) is 0 Å². The van der Waals surface area contributed by atoms with E-state index in [9.17, 15) is 4.39 Å². The molecule has 0 saturated carbocycles. The van der Waals surface area contributed by atoms with Gasteiger partial charge in [0.1, 0.15) is 5.82 Å². The highest BCUT2D eigenvalue weighted by atomic mass is 19.1. The Morgan fingerprint density at radius 1 is 1.39 bits per heavy atom. The molecule has 1 rings (SSSR count). The summed E-state index contributed by atoms with van der Waals surface area (Å²) >= 11 is 0. The van der Waals surface area contributed by atoms with E-state index in [-0.39, 0.29) is 5.82 Å². The standard InChI is InChI=1S/C14H23FN2O/c1-4-11(2)17(5-6-18-3)14-8-12(10-16)7-13(15)9-14/h7-9,11H,4-6,10,16H2,1-3H3. The van der Waals surface area contributed by atoms with Crippen LogP contribution in [-0.4, -0.2) is 26.3 Å². The van der Waals surface area contributed by atoms with Gasteiger partial charge in [-0.1, -0.05) is 6.92 Å². The van der Waals surface area contributed by atoms with Crippen LogP contribution >= 0.6 is 0 Å². The zero-order valence-electron chi connectivity index (χ0n) is 11.4. The maximum absolute atomic E-state index is 13.6. The molecular weight excluding hydrogens is 231 g/mol. The molecular formula is C14H23FN2O. The lowest BCUT2D eigenvalue weighted by Gasteiger charge is -2.31. The topological polar surface area (TPSA) is 38.5 Å². The molecule has 0 spiro atoms.